The SMILES string of the molecule is CCC1CCCCC1n1c(C)cc2c1CCCC2N. The molecule has 0 radical (unpaired) electrons. The van der Waals surface area contributed by atoms with Gasteiger partial charge in [-0.15, -0.1) is 0 Å². The fourth-order valence-electron chi connectivity index (χ4n) is 4.43. The Kier molecular flexibility index (Phi) is 3.70. The van der Waals surface area contributed by atoms with Crippen molar-refractivity contribution in [3.63, 3.8) is 0 Å². The number of aromatic nitrogens is 1. The normalized spacial score (nSPS) is 31.2. The van der Waals surface area contributed by atoms with E-state index in [1.54, 1.807) is 5.69 Å². The van der Waals surface area contributed by atoms with Crippen molar-refractivity contribution in [1.82, 2.24) is 4.57 Å². The topological polar surface area (TPSA) is 30.9 Å². The molecule has 2 aliphatic rings. The number of aryl methyl sites for hydroxylation is 1. The average molecular weight is 260 g/mol. The molecule has 2 nitrogen and oxygen atoms in total. The maximum atomic E-state index is 6.31. The number of fused-ring (bicyclic) bond motifs is 1. The minimum Gasteiger partial charge on any atom is -0.345 e. The predicted molar refractivity (Wildman–Crippen MR) is 80.3 cm³/mol. The summed E-state index contributed by atoms with van der Waals surface area (Å²) >= 11 is 0. The van der Waals surface area contributed by atoms with E-state index >= 15 is 0 Å². The van der Waals surface area contributed by atoms with E-state index in [0.717, 1.165) is 12.0 Å². The molecule has 1 aromatic heterocycles. The predicted octanol–water partition coefficient (Wildman–Crippen LogP) is 4.27. The highest BCUT2D eigenvalue weighted by Gasteiger charge is 2.30. The van der Waals surface area contributed by atoms with Crippen molar-refractivity contribution in [3.8, 4) is 0 Å². The van der Waals surface area contributed by atoms with E-state index in [2.05, 4.69) is 24.5 Å². The minimum atomic E-state index is 0.285. The van der Waals surface area contributed by atoms with Crippen LogP contribution in [0.25, 0.3) is 0 Å². The van der Waals surface area contributed by atoms with E-state index in [1.165, 1.54) is 62.6 Å². The van der Waals surface area contributed by atoms with Crippen molar-refractivity contribution in [1.29, 1.82) is 0 Å². The molecule has 0 aromatic carbocycles. The van der Waals surface area contributed by atoms with Crippen LogP contribution in [0.1, 0.15) is 80.9 Å². The Morgan fingerprint density at radius 3 is 2.79 bits per heavy atom. The highest BCUT2D eigenvalue weighted by molar-refractivity contribution is 5.33. The lowest BCUT2D eigenvalue weighted by Crippen LogP contribution is -2.26. The summed E-state index contributed by atoms with van der Waals surface area (Å²) in [5, 5.41) is 0. The van der Waals surface area contributed by atoms with Crippen LogP contribution >= 0.6 is 0 Å². The lowest BCUT2D eigenvalue weighted by atomic mass is 9.82. The second-order valence-corrected chi connectivity index (χ2v) is 6.58. The molecular formula is C17H28N2. The third-order valence-corrected chi connectivity index (χ3v) is 5.42. The number of rotatable bonds is 2. The smallest absolute Gasteiger partial charge is 0.0364 e. The van der Waals surface area contributed by atoms with Crippen LogP contribution < -0.4 is 5.73 Å². The lowest BCUT2D eigenvalue weighted by molar-refractivity contribution is 0.225. The molecule has 3 unspecified atom stereocenters. The molecule has 2 aliphatic carbocycles. The summed E-state index contributed by atoms with van der Waals surface area (Å²) in [5.41, 5.74) is 10.8. The molecule has 0 saturated heterocycles. The Bertz CT molecular complexity index is 446. The van der Waals surface area contributed by atoms with E-state index < -0.39 is 0 Å². The fourth-order valence-corrected chi connectivity index (χ4v) is 4.43. The molecule has 3 atom stereocenters. The van der Waals surface area contributed by atoms with E-state index in [0.29, 0.717) is 0 Å². The Morgan fingerprint density at radius 2 is 2.00 bits per heavy atom. The molecule has 0 bridgehead atoms. The summed E-state index contributed by atoms with van der Waals surface area (Å²) in [6.07, 6.45) is 10.6. The van der Waals surface area contributed by atoms with E-state index in [9.17, 15) is 0 Å². The van der Waals surface area contributed by atoms with Crippen LogP contribution in [0.4, 0.5) is 0 Å². The standard InChI is InChI=1S/C17H28N2/c1-3-13-7-4-5-9-16(13)19-12(2)11-14-15(18)8-6-10-17(14)19/h11,13,15-16H,3-10,18H2,1-2H3. The maximum Gasteiger partial charge on any atom is 0.0364 e. The van der Waals surface area contributed by atoms with E-state index in [1.807, 2.05) is 0 Å². The molecule has 19 heavy (non-hydrogen) atoms. The summed E-state index contributed by atoms with van der Waals surface area (Å²) in [7, 11) is 0. The molecule has 106 valence electrons. The van der Waals surface area contributed by atoms with Gasteiger partial charge in [-0.1, -0.05) is 26.2 Å². The molecule has 0 amide bonds. The molecule has 1 heterocycles. The quantitative estimate of drug-likeness (QED) is 0.845. The molecule has 0 spiro atoms. The van der Waals surface area contributed by atoms with Crippen LogP contribution in [0, 0.1) is 12.8 Å². The van der Waals surface area contributed by atoms with Gasteiger partial charge in [-0.25, -0.2) is 0 Å². The van der Waals surface area contributed by atoms with Crippen molar-refractivity contribution in [2.24, 2.45) is 11.7 Å². The van der Waals surface area contributed by atoms with Gasteiger partial charge in [0.2, 0.25) is 0 Å². The summed E-state index contributed by atoms with van der Waals surface area (Å²) in [5.74, 6) is 0.877. The Balaban J connectivity index is 1.99. The first-order valence-corrected chi connectivity index (χ1v) is 8.18. The summed E-state index contributed by atoms with van der Waals surface area (Å²) in [4.78, 5) is 0. The molecule has 1 saturated carbocycles. The summed E-state index contributed by atoms with van der Waals surface area (Å²) < 4.78 is 2.68. The summed E-state index contributed by atoms with van der Waals surface area (Å²) in [6, 6.07) is 3.40. The van der Waals surface area contributed by atoms with Gasteiger partial charge < -0.3 is 10.3 Å². The molecular weight excluding hydrogens is 232 g/mol. The highest BCUT2D eigenvalue weighted by Crippen LogP contribution is 2.41. The van der Waals surface area contributed by atoms with Gasteiger partial charge in [-0.3, -0.25) is 0 Å². The van der Waals surface area contributed by atoms with E-state index in [4.69, 9.17) is 5.73 Å². The average Bonchev–Trinajstić information content (AvgIpc) is 2.76. The number of hydrogen-bond donors (Lipinski definition) is 1. The Morgan fingerprint density at radius 1 is 1.21 bits per heavy atom. The van der Waals surface area contributed by atoms with Gasteiger partial charge in [-0.05, 0) is 56.6 Å². The van der Waals surface area contributed by atoms with Gasteiger partial charge in [0, 0.05) is 23.5 Å². The van der Waals surface area contributed by atoms with Crippen molar-refractivity contribution in [2.75, 3.05) is 0 Å². The minimum absolute atomic E-state index is 0.285. The first-order chi connectivity index (χ1) is 9.22. The van der Waals surface area contributed by atoms with Gasteiger partial charge in [0.1, 0.15) is 0 Å². The second-order valence-electron chi connectivity index (χ2n) is 6.58. The first kappa shape index (κ1) is 13.2. The van der Waals surface area contributed by atoms with Gasteiger partial charge >= 0.3 is 0 Å². The van der Waals surface area contributed by atoms with Crippen LogP contribution in [-0.2, 0) is 6.42 Å². The molecule has 0 aliphatic heterocycles. The maximum absolute atomic E-state index is 6.31. The highest BCUT2D eigenvalue weighted by atomic mass is 15.0. The molecule has 2 heteroatoms. The third-order valence-electron chi connectivity index (χ3n) is 5.42. The summed E-state index contributed by atoms with van der Waals surface area (Å²) in [6.45, 7) is 4.65. The number of nitrogens with zero attached hydrogens (tertiary/aromatic N) is 1. The van der Waals surface area contributed by atoms with Crippen molar-refractivity contribution < 1.29 is 0 Å². The van der Waals surface area contributed by atoms with Crippen molar-refractivity contribution in [3.05, 3.63) is 23.0 Å². The van der Waals surface area contributed by atoms with Crippen molar-refractivity contribution >= 4 is 0 Å². The zero-order valence-corrected chi connectivity index (χ0v) is 12.5. The molecule has 3 rings (SSSR count). The van der Waals surface area contributed by atoms with Crippen LogP contribution in [0.3, 0.4) is 0 Å². The van der Waals surface area contributed by atoms with Gasteiger partial charge in [0.25, 0.3) is 0 Å². The van der Waals surface area contributed by atoms with Gasteiger partial charge in [0.15, 0.2) is 0 Å². The third kappa shape index (κ3) is 2.24. The van der Waals surface area contributed by atoms with Crippen LogP contribution in [0.5, 0.6) is 0 Å². The lowest BCUT2D eigenvalue weighted by Gasteiger charge is -2.35. The Hall–Kier alpha value is -0.760. The largest absolute Gasteiger partial charge is 0.345 e. The number of hydrogen-bond acceptors (Lipinski definition) is 1. The fraction of sp³-hybridized carbons (Fsp3) is 0.765. The van der Waals surface area contributed by atoms with Crippen LogP contribution in [-0.4, -0.2) is 4.57 Å². The van der Waals surface area contributed by atoms with E-state index in [-0.39, 0.29) is 6.04 Å². The number of nitrogens with two attached hydrogens (primary N) is 1. The zero-order chi connectivity index (χ0) is 13.4. The van der Waals surface area contributed by atoms with Gasteiger partial charge in [0.05, 0.1) is 0 Å². The monoisotopic (exact) mass is 260 g/mol. The first-order valence-electron chi connectivity index (χ1n) is 8.18. The second kappa shape index (κ2) is 5.32. The molecule has 1 aromatic rings. The van der Waals surface area contributed by atoms with Crippen LogP contribution in [0.2, 0.25) is 0 Å². The Labute approximate surface area is 117 Å². The molecule has 1 fully saturated rings. The van der Waals surface area contributed by atoms with Crippen LogP contribution in [0.15, 0.2) is 6.07 Å². The molecule has 2 N–H and O–H groups in total. The van der Waals surface area contributed by atoms with Crippen molar-refractivity contribution in [2.45, 2.75) is 77.3 Å². The van der Waals surface area contributed by atoms with Gasteiger partial charge in [-0.2, -0.15) is 0 Å². The zero-order valence-electron chi connectivity index (χ0n) is 12.5.